The first-order chi connectivity index (χ1) is 9.38. The Morgan fingerprint density at radius 2 is 1.55 bits per heavy atom. The van der Waals surface area contributed by atoms with Crippen LogP contribution >= 0.6 is 0 Å². The van der Waals surface area contributed by atoms with Gasteiger partial charge < -0.3 is 5.73 Å². The number of benzene rings is 2. The van der Waals surface area contributed by atoms with Gasteiger partial charge in [-0.25, -0.2) is 8.78 Å². The third-order valence-corrected chi connectivity index (χ3v) is 3.64. The number of aryl methyl sites for hydroxylation is 3. The van der Waals surface area contributed by atoms with E-state index in [-0.39, 0.29) is 6.04 Å². The highest BCUT2D eigenvalue weighted by Gasteiger charge is 2.13. The van der Waals surface area contributed by atoms with Gasteiger partial charge in [0.05, 0.1) is 0 Å². The van der Waals surface area contributed by atoms with Crippen LogP contribution < -0.4 is 5.73 Å². The summed E-state index contributed by atoms with van der Waals surface area (Å²) in [6.45, 7) is 6.15. The smallest absolute Gasteiger partial charge is 0.159 e. The van der Waals surface area contributed by atoms with E-state index in [4.69, 9.17) is 5.73 Å². The van der Waals surface area contributed by atoms with Gasteiger partial charge in [0.25, 0.3) is 0 Å². The van der Waals surface area contributed by atoms with Crippen molar-refractivity contribution >= 4 is 0 Å². The molecule has 0 fully saturated rings. The van der Waals surface area contributed by atoms with Gasteiger partial charge in [-0.15, -0.1) is 0 Å². The molecule has 0 saturated carbocycles. The summed E-state index contributed by atoms with van der Waals surface area (Å²) < 4.78 is 26.2. The normalized spacial score (nSPS) is 12.5. The first-order valence-corrected chi connectivity index (χ1v) is 6.65. The molecule has 0 saturated heterocycles. The standard InChI is InChI=1S/C17H19F2N/c1-10-6-11(2)14(12(3)7-10)9-17(20)13-4-5-15(18)16(19)8-13/h4-8,17H,9,20H2,1-3H3. The lowest BCUT2D eigenvalue weighted by molar-refractivity contribution is 0.505. The summed E-state index contributed by atoms with van der Waals surface area (Å²) in [4.78, 5) is 0. The van der Waals surface area contributed by atoms with E-state index >= 15 is 0 Å². The molecule has 1 nitrogen and oxygen atoms in total. The molecule has 0 aliphatic heterocycles. The Hall–Kier alpha value is -1.74. The van der Waals surface area contributed by atoms with E-state index in [9.17, 15) is 8.78 Å². The molecule has 0 radical (unpaired) electrons. The van der Waals surface area contributed by atoms with Gasteiger partial charge in [0.2, 0.25) is 0 Å². The fourth-order valence-electron chi connectivity index (χ4n) is 2.61. The van der Waals surface area contributed by atoms with Crippen LogP contribution in [0.4, 0.5) is 8.78 Å². The Labute approximate surface area is 118 Å². The highest BCUT2D eigenvalue weighted by atomic mass is 19.2. The van der Waals surface area contributed by atoms with Crippen molar-refractivity contribution < 1.29 is 8.78 Å². The molecule has 2 rings (SSSR count). The van der Waals surface area contributed by atoms with Gasteiger partial charge in [-0.05, 0) is 61.6 Å². The largest absolute Gasteiger partial charge is 0.324 e. The van der Waals surface area contributed by atoms with Crippen molar-refractivity contribution in [2.24, 2.45) is 5.73 Å². The van der Waals surface area contributed by atoms with Crippen molar-refractivity contribution in [3.05, 3.63) is 69.8 Å². The summed E-state index contributed by atoms with van der Waals surface area (Å²) >= 11 is 0. The molecule has 2 N–H and O–H groups in total. The predicted octanol–water partition coefficient (Wildman–Crippen LogP) is 4.13. The van der Waals surface area contributed by atoms with Crippen LogP contribution in [0.5, 0.6) is 0 Å². The second-order valence-electron chi connectivity index (χ2n) is 5.36. The maximum Gasteiger partial charge on any atom is 0.159 e. The number of hydrogen-bond acceptors (Lipinski definition) is 1. The molecule has 0 aromatic heterocycles. The molecular weight excluding hydrogens is 256 g/mol. The lowest BCUT2D eigenvalue weighted by Crippen LogP contribution is -2.15. The van der Waals surface area contributed by atoms with Crippen LogP contribution in [0.3, 0.4) is 0 Å². The summed E-state index contributed by atoms with van der Waals surface area (Å²) in [5.74, 6) is -1.70. The topological polar surface area (TPSA) is 26.0 Å². The van der Waals surface area contributed by atoms with Crippen LogP contribution in [-0.4, -0.2) is 0 Å². The lowest BCUT2D eigenvalue weighted by Gasteiger charge is -2.17. The minimum Gasteiger partial charge on any atom is -0.324 e. The second kappa shape index (κ2) is 5.71. The van der Waals surface area contributed by atoms with Gasteiger partial charge >= 0.3 is 0 Å². The molecule has 20 heavy (non-hydrogen) atoms. The average Bonchev–Trinajstić information content (AvgIpc) is 2.36. The zero-order chi connectivity index (χ0) is 14.9. The van der Waals surface area contributed by atoms with Crippen molar-refractivity contribution in [2.45, 2.75) is 33.2 Å². The van der Waals surface area contributed by atoms with E-state index in [2.05, 4.69) is 19.1 Å². The van der Waals surface area contributed by atoms with Gasteiger partial charge in [-0.1, -0.05) is 23.8 Å². The van der Waals surface area contributed by atoms with E-state index in [0.29, 0.717) is 12.0 Å². The first-order valence-electron chi connectivity index (χ1n) is 6.65. The van der Waals surface area contributed by atoms with E-state index in [1.807, 2.05) is 13.8 Å². The summed E-state index contributed by atoms with van der Waals surface area (Å²) in [6, 6.07) is 7.73. The van der Waals surface area contributed by atoms with Gasteiger partial charge in [0.1, 0.15) is 0 Å². The van der Waals surface area contributed by atoms with E-state index in [0.717, 1.165) is 6.07 Å². The fraction of sp³-hybridized carbons (Fsp3) is 0.294. The van der Waals surface area contributed by atoms with Crippen molar-refractivity contribution in [1.82, 2.24) is 0 Å². The molecule has 0 aliphatic rings. The minimum absolute atomic E-state index is 0.342. The Kier molecular flexibility index (Phi) is 4.19. The Bertz CT molecular complexity index is 612. The highest BCUT2D eigenvalue weighted by molar-refractivity contribution is 5.39. The average molecular weight is 275 g/mol. The maximum atomic E-state index is 13.3. The monoisotopic (exact) mass is 275 g/mol. The molecule has 106 valence electrons. The predicted molar refractivity (Wildman–Crippen MR) is 77.6 cm³/mol. The van der Waals surface area contributed by atoms with Crippen LogP contribution in [0.15, 0.2) is 30.3 Å². The van der Waals surface area contributed by atoms with Crippen molar-refractivity contribution in [2.75, 3.05) is 0 Å². The van der Waals surface area contributed by atoms with E-state index in [1.165, 1.54) is 28.3 Å². The summed E-state index contributed by atoms with van der Waals surface area (Å²) in [5, 5.41) is 0. The van der Waals surface area contributed by atoms with Crippen molar-refractivity contribution in [1.29, 1.82) is 0 Å². The number of hydrogen-bond donors (Lipinski definition) is 1. The summed E-state index contributed by atoms with van der Waals surface area (Å²) in [5.41, 5.74) is 11.5. The van der Waals surface area contributed by atoms with Gasteiger partial charge in [-0.2, -0.15) is 0 Å². The molecule has 2 aromatic carbocycles. The molecular formula is C17H19F2N. The number of nitrogens with two attached hydrogens (primary N) is 1. The van der Waals surface area contributed by atoms with Crippen molar-refractivity contribution in [3.63, 3.8) is 0 Å². The Morgan fingerprint density at radius 1 is 0.950 bits per heavy atom. The molecule has 3 heteroatoms. The zero-order valence-corrected chi connectivity index (χ0v) is 12.0. The third kappa shape index (κ3) is 3.05. The molecule has 1 atom stereocenters. The third-order valence-electron chi connectivity index (χ3n) is 3.64. The SMILES string of the molecule is Cc1cc(C)c(CC(N)c2ccc(F)c(F)c2)c(C)c1. The van der Waals surface area contributed by atoms with E-state index < -0.39 is 11.6 Å². The molecule has 0 bridgehead atoms. The first kappa shape index (κ1) is 14.7. The molecule has 1 unspecified atom stereocenters. The van der Waals surface area contributed by atoms with Crippen LogP contribution in [0.2, 0.25) is 0 Å². The lowest BCUT2D eigenvalue weighted by atomic mass is 9.92. The molecule has 0 amide bonds. The van der Waals surface area contributed by atoms with Gasteiger partial charge in [0, 0.05) is 6.04 Å². The molecule has 2 aromatic rings. The molecule has 0 heterocycles. The van der Waals surface area contributed by atoms with E-state index in [1.54, 1.807) is 6.07 Å². The van der Waals surface area contributed by atoms with Crippen LogP contribution in [0.25, 0.3) is 0 Å². The zero-order valence-electron chi connectivity index (χ0n) is 12.0. The molecule has 0 aliphatic carbocycles. The Morgan fingerprint density at radius 3 is 2.10 bits per heavy atom. The summed E-state index contributed by atoms with van der Waals surface area (Å²) in [7, 11) is 0. The Balaban J connectivity index is 2.27. The molecule has 0 spiro atoms. The van der Waals surface area contributed by atoms with Crippen LogP contribution in [0.1, 0.15) is 33.9 Å². The van der Waals surface area contributed by atoms with Crippen molar-refractivity contribution in [3.8, 4) is 0 Å². The van der Waals surface area contributed by atoms with Crippen LogP contribution in [0, 0.1) is 32.4 Å². The maximum absolute atomic E-state index is 13.3. The minimum atomic E-state index is -0.852. The fourth-order valence-corrected chi connectivity index (χ4v) is 2.61. The number of rotatable bonds is 3. The second-order valence-corrected chi connectivity index (χ2v) is 5.36. The van der Waals surface area contributed by atoms with Gasteiger partial charge in [0.15, 0.2) is 11.6 Å². The summed E-state index contributed by atoms with van der Waals surface area (Å²) in [6.07, 6.45) is 0.614. The van der Waals surface area contributed by atoms with Crippen LogP contribution in [-0.2, 0) is 6.42 Å². The number of halogens is 2. The van der Waals surface area contributed by atoms with Gasteiger partial charge in [-0.3, -0.25) is 0 Å². The quantitative estimate of drug-likeness (QED) is 0.895. The highest BCUT2D eigenvalue weighted by Crippen LogP contribution is 2.23.